The number of methoxy groups -OCH3 is 2. The molecule has 2 aromatic rings. The monoisotopic (exact) mass is 341 g/mol. The number of hydrogen-bond donors (Lipinski definition) is 0. The fourth-order valence-corrected chi connectivity index (χ4v) is 3.35. The summed E-state index contributed by atoms with van der Waals surface area (Å²) in [5.41, 5.74) is 3.37. The summed E-state index contributed by atoms with van der Waals surface area (Å²) in [6.45, 7) is 0. The Morgan fingerprint density at radius 3 is 2.68 bits per heavy atom. The third-order valence-electron chi connectivity index (χ3n) is 4.66. The number of benzene rings is 2. The number of rotatable bonds is 4. The Kier molecular flexibility index (Phi) is 4.81. The maximum Gasteiger partial charge on any atom is 0.338 e. The van der Waals surface area contributed by atoms with Gasteiger partial charge in [0.1, 0.15) is 0 Å². The van der Waals surface area contributed by atoms with Crippen molar-refractivity contribution in [3.63, 3.8) is 0 Å². The predicted molar refractivity (Wildman–Crippen MR) is 92.7 cm³/mol. The first-order valence-corrected chi connectivity index (χ1v) is 8.05. The summed E-state index contributed by atoms with van der Waals surface area (Å²) >= 11 is 0. The summed E-state index contributed by atoms with van der Waals surface area (Å²) in [6, 6.07) is 10.2. The largest absolute Gasteiger partial charge is 0.465 e. The van der Waals surface area contributed by atoms with E-state index in [0.29, 0.717) is 11.1 Å². The summed E-state index contributed by atoms with van der Waals surface area (Å²) in [4.78, 5) is 23.1. The summed E-state index contributed by atoms with van der Waals surface area (Å²) in [5, 5.41) is 11.5. The van der Waals surface area contributed by atoms with Crippen LogP contribution in [-0.2, 0) is 22.3 Å². The molecule has 0 heterocycles. The number of nitro groups is 1. The molecule has 25 heavy (non-hydrogen) atoms. The van der Waals surface area contributed by atoms with Gasteiger partial charge in [0.25, 0.3) is 5.69 Å². The minimum absolute atomic E-state index is 0.103. The number of nitro benzene ring substituents is 1. The molecule has 130 valence electrons. The predicted octanol–water partition coefficient (Wildman–Crippen LogP) is 3.55. The molecule has 0 fully saturated rings. The van der Waals surface area contributed by atoms with Gasteiger partial charge in [0, 0.05) is 13.2 Å². The molecular formula is C19H19NO5. The lowest BCUT2D eigenvalue weighted by molar-refractivity contribution is -0.384. The van der Waals surface area contributed by atoms with Gasteiger partial charge in [-0.3, -0.25) is 10.1 Å². The molecule has 1 unspecified atom stereocenters. The quantitative estimate of drug-likeness (QED) is 0.483. The summed E-state index contributed by atoms with van der Waals surface area (Å²) < 4.78 is 10.2. The Hall–Kier alpha value is -2.73. The fourth-order valence-electron chi connectivity index (χ4n) is 3.35. The van der Waals surface area contributed by atoms with Crippen molar-refractivity contribution in [1.29, 1.82) is 0 Å². The molecule has 2 aromatic carbocycles. The molecule has 0 aromatic heterocycles. The molecule has 0 radical (unpaired) electrons. The van der Waals surface area contributed by atoms with Crippen molar-refractivity contribution >= 4 is 11.7 Å². The maximum atomic E-state index is 12.1. The van der Waals surface area contributed by atoms with Crippen LogP contribution in [0.5, 0.6) is 0 Å². The first kappa shape index (κ1) is 17.1. The molecule has 1 atom stereocenters. The van der Waals surface area contributed by atoms with Crippen LogP contribution < -0.4 is 0 Å². The molecule has 0 N–H and O–H groups in total. The molecule has 0 amide bonds. The SMILES string of the molecule is COC(=O)c1cccc([N+](=O)[O-])c1-c1ccc2c(c1)CCC(OC)C2. The highest BCUT2D eigenvalue weighted by molar-refractivity contribution is 6.00. The number of nitrogens with zero attached hydrogens (tertiary/aromatic N) is 1. The summed E-state index contributed by atoms with van der Waals surface area (Å²) in [7, 11) is 2.97. The van der Waals surface area contributed by atoms with E-state index in [4.69, 9.17) is 9.47 Å². The van der Waals surface area contributed by atoms with Gasteiger partial charge in [-0.2, -0.15) is 0 Å². The van der Waals surface area contributed by atoms with Crippen LogP contribution in [0.3, 0.4) is 0 Å². The van der Waals surface area contributed by atoms with Gasteiger partial charge in [0.05, 0.1) is 29.3 Å². The van der Waals surface area contributed by atoms with Crippen LogP contribution in [0.2, 0.25) is 0 Å². The van der Waals surface area contributed by atoms with Crippen molar-refractivity contribution in [2.24, 2.45) is 0 Å². The molecule has 0 aliphatic heterocycles. The minimum Gasteiger partial charge on any atom is -0.465 e. The first-order chi connectivity index (χ1) is 12.0. The second-order valence-electron chi connectivity index (χ2n) is 6.03. The van der Waals surface area contributed by atoms with Crippen LogP contribution in [0.15, 0.2) is 36.4 Å². The lowest BCUT2D eigenvalue weighted by Crippen LogP contribution is -2.21. The van der Waals surface area contributed by atoms with Crippen molar-refractivity contribution in [1.82, 2.24) is 0 Å². The zero-order valence-corrected chi connectivity index (χ0v) is 14.2. The van der Waals surface area contributed by atoms with E-state index < -0.39 is 10.9 Å². The van der Waals surface area contributed by atoms with E-state index in [2.05, 4.69) is 0 Å². The Labute approximate surface area is 145 Å². The number of hydrogen-bond acceptors (Lipinski definition) is 5. The van der Waals surface area contributed by atoms with Crippen LogP contribution in [0.25, 0.3) is 11.1 Å². The number of esters is 1. The molecule has 3 rings (SSSR count). The normalized spacial score (nSPS) is 16.2. The van der Waals surface area contributed by atoms with Crippen molar-refractivity contribution in [3.8, 4) is 11.1 Å². The zero-order chi connectivity index (χ0) is 18.0. The van der Waals surface area contributed by atoms with Gasteiger partial charge in [-0.1, -0.05) is 24.3 Å². The molecule has 0 saturated heterocycles. The summed E-state index contributed by atoms with van der Waals surface area (Å²) in [5.74, 6) is -0.587. The van der Waals surface area contributed by atoms with Crippen LogP contribution in [0.1, 0.15) is 27.9 Å². The fraction of sp³-hybridized carbons (Fsp3) is 0.316. The van der Waals surface area contributed by atoms with Crippen molar-refractivity contribution in [3.05, 3.63) is 63.2 Å². The third kappa shape index (κ3) is 3.25. The number of aryl methyl sites for hydroxylation is 1. The minimum atomic E-state index is -0.587. The topological polar surface area (TPSA) is 78.7 Å². The molecule has 6 heteroatoms. The van der Waals surface area contributed by atoms with E-state index in [9.17, 15) is 14.9 Å². The summed E-state index contributed by atoms with van der Waals surface area (Å²) in [6.07, 6.45) is 2.78. The zero-order valence-electron chi connectivity index (χ0n) is 14.2. The number of ether oxygens (including phenoxy) is 2. The van der Waals surface area contributed by atoms with Crippen LogP contribution >= 0.6 is 0 Å². The number of fused-ring (bicyclic) bond motifs is 1. The van der Waals surface area contributed by atoms with Gasteiger partial charge >= 0.3 is 5.97 Å². The van der Waals surface area contributed by atoms with E-state index in [1.54, 1.807) is 13.2 Å². The Bertz CT molecular complexity index is 831. The van der Waals surface area contributed by atoms with Crippen LogP contribution in [0.4, 0.5) is 5.69 Å². The highest BCUT2D eigenvalue weighted by Crippen LogP contribution is 2.36. The average molecular weight is 341 g/mol. The highest BCUT2D eigenvalue weighted by atomic mass is 16.6. The molecular weight excluding hydrogens is 322 g/mol. The van der Waals surface area contributed by atoms with Gasteiger partial charge in [0.15, 0.2) is 0 Å². The standard InChI is InChI=1S/C19H19NO5/c1-24-15-9-8-12-10-14(7-6-13(12)11-15)18-16(19(21)25-2)4-3-5-17(18)20(22)23/h3-7,10,15H,8-9,11H2,1-2H3. The van der Waals surface area contributed by atoms with Gasteiger partial charge in [-0.25, -0.2) is 4.79 Å². The lowest BCUT2D eigenvalue weighted by atomic mass is 9.86. The van der Waals surface area contributed by atoms with Crippen LogP contribution in [-0.4, -0.2) is 31.2 Å². The average Bonchev–Trinajstić information content (AvgIpc) is 2.65. The van der Waals surface area contributed by atoms with Crippen molar-refractivity contribution in [2.75, 3.05) is 14.2 Å². The van der Waals surface area contributed by atoms with E-state index in [-0.39, 0.29) is 17.4 Å². The highest BCUT2D eigenvalue weighted by Gasteiger charge is 2.25. The Morgan fingerprint density at radius 1 is 1.20 bits per heavy atom. The molecule has 1 aliphatic rings. The molecule has 6 nitrogen and oxygen atoms in total. The van der Waals surface area contributed by atoms with E-state index in [0.717, 1.165) is 24.8 Å². The van der Waals surface area contributed by atoms with Crippen molar-refractivity contribution < 1.29 is 19.2 Å². The van der Waals surface area contributed by atoms with E-state index >= 15 is 0 Å². The maximum absolute atomic E-state index is 12.1. The molecule has 0 spiro atoms. The second kappa shape index (κ2) is 7.03. The smallest absolute Gasteiger partial charge is 0.338 e. The molecule has 0 saturated carbocycles. The molecule has 0 bridgehead atoms. The van der Waals surface area contributed by atoms with Gasteiger partial charge in [-0.15, -0.1) is 0 Å². The van der Waals surface area contributed by atoms with E-state index in [1.165, 1.54) is 24.8 Å². The number of carbonyl (C=O) groups is 1. The van der Waals surface area contributed by atoms with Crippen molar-refractivity contribution in [2.45, 2.75) is 25.4 Å². The Balaban J connectivity index is 2.13. The second-order valence-corrected chi connectivity index (χ2v) is 6.03. The van der Waals surface area contributed by atoms with Gasteiger partial charge < -0.3 is 9.47 Å². The number of carbonyl (C=O) groups excluding carboxylic acids is 1. The van der Waals surface area contributed by atoms with E-state index in [1.807, 2.05) is 18.2 Å². The Morgan fingerprint density at radius 2 is 2.00 bits per heavy atom. The first-order valence-electron chi connectivity index (χ1n) is 8.05. The van der Waals surface area contributed by atoms with Crippen LogP contribution in [0, 0.1) is 10.1 Å². The lowest BCUT2D eigenvalue weighted by Gasteiger charge is -2.24. The third-order valence-corrected chi connectivity index (χ3v) is 4.66. The van der Waals surface area contributed by atoms with Gasteiger partial charge in [0.2, 0.25) is 0 Å². The van der Waals surface area contributed by atoms with Gasteiger partial charge in [-0.05, 0) is 42.0 Å². The molecule has 1 aliphatic carbocycles.